The van der Waals surface area contributed by atoms with E-state index in [1.807, 2.05) is 9.80 Å². The van der Waals surface area contributed by atoms with Gasteiger partial charge in [-0.15, -0.1) is 6.58 Å². The van der Waals surface area contributed by atoms with E-state index >= 15 is 0 Å². The zero-order valence-electron chi connectivity index (χ0n) is 20.1. The van der Waals surface area contributed by atoms with Crippen LogP contribution in [0.3, 0.4) is 0 Å². The second-order valence-corrected chi connectivity index (χ2v) is 10.8. The van der Waals surface area contributed by atoms with Gasteiger partial charge in [-0.2, -0.15) is 0 Å². The van der Waals surface area contributed by atoms with E-state index in [0.717, 1.165) is 57.3 Å². The summed E-state index contributed by atoms with van der Waals surface area (Å²) in [4.78, 5) is 32.8. The minimum absolute atomic E-state index is 0.00379. The number of likely N-dealkylation sites (tertiary alicyclic amines) is 2. The van der Waals surface area contributed by atoms with Gasteiger partial charge in [0.1, 0.15) is 6.61 Å². The largest absolute Gasteiger partial charge is 0.366 e. The number of hydrogen-bond donors (Lipinski definition) is 1. The molecule has 0 radical (unpaired) electrons. The normalized spacial score (nSPS) is 26.6. The molecule has 1 aromatic rings. The lowest BCUT2D eigenvalue weighted by atomic mass is 9.65. The first-order valence-corrected chi connectivity index (χ1v) is 12.7. The summed E-state index contributed by atoms with van der Waals surface area (Å²) in [5.41, 5.74) is 0.999. The Bertz CT molecular complexity index is 954. The van der Waals surface area contributed by atoms with Crippen LogP contribution in [0.25, 0.3) is 0 Å². The van der Waals surface area contributed by atoms with Gasteiger partial charge in [0.15, 0.2) is 0 Å². The summed E-state index contributed by atoms with van der Waals surface area (Å²) in [7, 11) is 0. The van der Waals surface area contributed by atoms with Gasteiger partial charge < -0.3 is 19.9 Å². The lowest BCUT2D eigenvalue weighted by Gasteiger charge is -2.55. The monoisotopic (exact) mass is 488 g/mol. The number of rotatable bonds is 5. The van der Waals surface area contributed by atoms with Crippen molar-refractivity contribution in [2.24, 2.45) is 11.3 Å². The van der Waals surface area contributed by atoms with Crippen LogP contribution in [0.4, 0.5) is 13.6 Å². The van der Waals surface area contributed by atoms with Crippen molar-refractivity contribution in [3.63, 3.8) is 0 Å². The lowest BCUT2D eigenvalue weighted by Crippen LogP contribution is -2.66. The molecule has 1 saturated carbocycles. The predicted octanol–water partition coefficient (Wildman–Crippen LogP) is 3.49. The Hall–Kier alpha value is -2.55. The summed E-state index contributed by atoms with van der Waals surface area (Å²) < 4.78 is 33.6. The fourth-order valence-corrected chi connectivity index (χ4v) is 6.14. The van der Waals surface area contributed by atoms with Crippen LogP contribution in [0.15, 0.2) is 31.0 Å². The molecule has 1 spiro atoms. The number of allylic oxidation sites excluding steroid dienone is 1. The van der Waals surface area contributed by atoms with Crippen LogP contribution in [0.5, 0.6) is 0 Å². The molecule has 2 atom stereocenters. The Morgan fingerprint density at radius 3 is 2.71 bits per heavy atom. The molecule has 3 saturated heterocycles. The molecule has 5 rings (SSSR count). The molecule has 3 amide bonds. The number of ether oxygens (including phenoxy) is 1. The zero-order valence-corrected chi connectivity index (χ0v) is 20.1. The van der Waals surface area contributed by atoms with Gasteiger partial charge in [0, 0.05) is 55.5 Å². The highest BCUT2D eigenvalue weighted by Crippen LogP contribution is 2.46. The molecular weight excluding hydrogens is 454 g/mol. The van der Waals surface area contributed by atoms with Crippen LogP contribution in [-0.4, -0.2) is 71.7 Å². The van der Waals surface area contributed by atoms with Gasteiger partial charge in [-0.05, 0) is 56.6 Å². The number of amides is 3. The van der Waals surface area contributed by atoms with E-state index in [-0.39, 0.29) is 48.1 Å². The average Bonchev–Trinajstić information content (AvgIpc) is 2.82. The van der Waals surface area contributed by atoms with E-state index in [1.54, 1.807) is 6.07 Å². The molecular formula is C26H34F2N4O3. The van der Waals surface area contributed by atoms with E-state index in [4.69, 9.17) is 4.74 Å². The van der Waals surface area contributed by atoms with Gasteiger partial charge >= 0.3 is 6.03 Å². The van der Waals surface area contributed by atoms with E-state index < -0.39 is 5.92 Å². The number of halogens is 2. The number of carbonyl (C=O) groups excluding carboxylic acids is 2. The number of morpholine rings is 1. The molecule has 35 heavy (non-hydrogen) atoms. The minimum Gasteiger partial charge on any atom is -0.366 e. The van der Waals surface area contributed by atoms with Crippen molar-refractivity contribution in [3.8, 4) is 0 Å². The highest BCUT2D eigenvalue weighted by molar-refractivity contribution is 5.79. The van der Waals surface area contributed by atoms with Gasteiger partial charge in [0.25, 0.3) is 5.92 Å². The number of hydrogen-bond acceptors (Lipinski definition) is 4. The van der Waals surface area contributed by atoms with Crippen LogP contribution in [-0.2, 0) is 21.9 Å². The summed E-state index contributed by atoms with van der Waals surface area (Å²) in [5.74, 6) is -2.55. The minimum atomic E-state index is -2.92. The van der Waals surface area contributed by atoms with Gasteiger partial charge in [0.05, 0.1) is 12.1 Å². The molecule has 1 aliphatic carbocycles. The van der Waals surface area contributed by atoms with Crippen molar-refractivity contribution in [1.29, 1.82) is 0 Å². The fraction of sp³-hybridized carbons (Fsp3) is 0.654. The second kappa shape index (κ2) is 9.48. The van der Waals surface area contributed by atoms with Crippen molar-refractivity contribution < 1.29 is 23.1 Å². The van der Waals surface area contributed by atoms with E-state index in [1.165, 1.54) is 18.3 Å². The van der Waals surface area contributed by atoms with Gasteiger partial charge in [0.2, 0.25) is 5.91 Å². The molecule has 0 unspecified atom stereocenters. The van der Waals surface area contributed by atoms with Gasteiger partial charge in [-0.25, -0.2) is 13.6 Å². The summed E-state index contributed by atoms with van der Waals surface area (Å²) in [6, 6.07) is 3.16. The number of carbonyl (C=O) groups is 2. The van der Waals surface area contributed by atoms with E-state index in [2.05, 4.69) is 16.9 Å². The molecule has 4 fully saturated rings. The van der Waals surface area contributed by atoms with E-state index in [0.29, 0.717) is 19.0 Å². The maximum atomic E-state index is 14.0. The van der Waals surface area contributed by atoms with Crippen LogP contribution in [0, 0.1) is 11.3 Å². The van der Waals surface area contributed by atoms with Crippen molar-refractivity contribution >= 4 is 11.9 Å². The molecule has 0 aromatic carbocycles. The summed E-state index contributed by atoms with van der Waals surface area (Å²) in [5, 5.41) is 2.95. The first-order valence-electron chi connectivity index (χ1n) is 12.7. The van der Waals surface area contributed by atoms with Crippen LogP contribution >= 0.6 is 0 Å². The summed E-state index contributed by atoms with van der Waals surface area (Å²) in [6.07, 6.45) is 7.97. The molecule has 3 aliphatic heterocycles. The first kappa shape index (κ1) is 24.2. The summed E-state index contributed by atoms with van der Waals surface area (Å²) in [6.45, 7) is 6.25. The number of pyridine rings is 1. The molecule has 4 heterocycles. The standard InChI is InChI=1S/C26H34F2N4O3/c1-2-8-26(27,28)19-3-4-20(29-13-19)12-18-5-9-25(10-6-18)16-32(17-25)24(34)31-11-7-22-21(14-31)30-23(33)15-35-22/h2-4,13,18,21-22H,1,5-12,14-17H2,(H,30,33)/t21-,22+/m1/s1. The third kappa shape index (κ3) is 5.06. The molecule has 0 bridgehead atoms. The third-order valence-electron chi connectivity index (χ3n) is 8.23. The number of urea groups is 1. The number of fused-ring (bicyclic) bond motifs is 1. The molecule has 9 heteroatoms. The Kier molecular flexibility index (Phi) is 6.55. The lowest BCUT2D eigenvalue weighted by molar-refractivity contribution is -0.140. The second-order valence-electron chi connectivity index (χ2n) is 10.8. The van der Waals surface area contributed by atoms with Crippen molar-refractivity contribution in [3.05, 3.63) is 42.2 Å². The topological polar surface area (TPSA) is 74.8 Å². The number of nitrogens with one attached hydrogen (secondary N) is 1. The maximum absolute atomic E-state index is 14.0. The Morgan fingerprint density at radius 1 is 1.26 bits per heavy atom. The van der Waals surface area contributed by atoms with Crippen molar-refractivity contribution in [1.82, 2.24) is 20.1 Å². The quantitative estimate of drug-likeness (QED) is 0.644. The van der Waals surface area contributed by atoms with E-state index in [9.17, 15) is 18.4 Å². The van der Waals surface area contributed by atoms with Crippen LogP contribution < -0.4 is 5.32 Å². The highest BCUT2D eigenvalue weighted by Gasteiger charge is 2.48. The predicted molar refractivity (Wildman–Crippen MR) is 126 cm³/mol. The van der Waals surface area contributed by atoms with Crippen molar-refractivity contribution in [2.75, 3.05) is 32.8 Å². The van der Waals surface area contributed by atoms with Crippen molar-refractivity contribution in [2.45, 2.75) is 63.0 Å². The molecule has 1 N–H and O–H groups in total. The SMILES string of the molecule is C=CCC(F)(F)c1ccc(CC2CCC3(CC2)CN(C(=O)N2CC[C@@H]4OCC(=O)N[C@@H]4C2)C3)nc1. The molecule has 1 aromatic heterocycles. The average molecular weight is 489 g/mol. The zero-order chi connectivity index (χ0) is 24.6. The van der Waals surface area contributed by atoms with Gasteiger partial charge in [-0.1, -0.05) is 6.08 Å². The van der Waals surface area contributed by atoms with Crippen LogP contribution in [0.2, 0.25) is 0 Å². The number of alkyl halides is 2. The third-order valence-corrected chi connectivity index (χ3v) is 8.23. The first-order chi connectivity index (χ1) is 16.8. The number of nitrogens with zero attached hydrogens (tertiary/aromatic N) is 3. The number of aromatic nitrogens is 1. The van der Waals surface area contributed by atoms with Crippen LogP contribution in [0.1, 0.15) is 49.8 Å². The maximum Gasteiger partial charge on any atom is 0.320 e. The number of piperidine rings is 1. The highest BCUT2D eigenvalue weighted by atomic mass is 19.3. The molecule has 7 nitrogen and oxygen atoms in total. The Morgan fingerprint density at radius 2 is 2.03 bits per heavy atom. The smallest absolute Gasteiger partial charge is 0.320 e. The molecule has 4 aliphatic rings. The Balaban J connectivity index is 1.07. The Labute approximate surface area is 204 Å². The molecule has 190 valence electrons. The van der Waals surface area contributed by atoms with Gasteiger partial charge in [-0.3, -0.25) is 9.78 Å². The fourth-order valence-electron chi connectivity index (χ4n) is 6.14. The summed E-state index contributed by atoms with van der Waals surface area (Å²) >= 11 is 0.